The number of halogens is 1. The van der Waals surface area contributed by atoms with Gasteiger partial charge in [-0.1, -0.05) is 22.9 Å². The molecule has 2 aromatic rings. The van der Waals surface area contributed by atoms with Crippen LogP contribution in [0.1, 0.15) is 6.42 Å². The van der Waals surface area contributed by atoms with Gasteiger partial charge in [-0.25, -0.2) is 4.98 Å². The van der Waals surface area contributed by atoms with E-state index >= 15 is 0 Å². The van der Waals surface area contributed by atoms with Crippen molar-refractivity contribution < 1.29 is 4.79 Å². The number of carbonyl (C=O) groups excluding carboxylic acids is 1. The minimum absolute atomic E-state index is 0.624. The Balaban J connectivity index is 1.68. The molecule has 2 atom stereocenters. The summed E-state index contributed by atoms with van der Waals surface area (Å²) in [6.45, 7) is 3.27. The number of carbonyl (C=O) groups is 1. The van der Waals surface area contributed by atoms with Crippen LogP contribution in [-0.4, -0.2) is 49.0 Å². The molecule has 2 aliphatic heterocycles. The first-order chi connectivity index (χ1) is 11.2. The van der Waals surface area contributed by atoms with Gasteiger partial charge in [-0.15, -0.1) is 11.3 Å². The Kier molecular flexibility index (Phi) is 4.05. The summed E-state index contributed by atoms with van der Waals surface area (Å²) >= 11 is 9.21. The zero-order valence-corrected chi connectivity index (χ0v) is 15.0. The van der Waals surface area contributed by atoms with Crippen molar-refractivity contribution in [3.05, 3.63) is 16.5 Å². The molecule has 4 heterocycles. The number of thiophene rings is 1. The third kappa shape index (κ3) is 2.76. The number of likely N-dealkylation sites (tertiary alicyclic amines) is 1. The van der Waals surface area contributed by atoms with E-state index in [9.17, 15) is 4.79 Å². The van der Waals surface area contributed by atoms with Gasteiger partial charge in [0.25, 0.3) is 0 Å². The zero-order valence-electron chi connectivity index (χ0n) is 12.7. The van der Waals surface area contributed by atoms with Crippen molar-refractivity contribution >= 4 is 50.8 Å². The number of fused-ring (bicyclic) bond motifs is 1. The van der Waals surface area contributed by atoms with Crippen molar-refractivity contribution in [2.45, 2.75) is 12.5 Å². The molecule has 0 radical (unpaired) electrons. The first kappa shape index (κ1) is 15.4. The van der Waals surface area contributed by atoms with E-state index in [-0.39, 0.29) is 0 Å². The third-order valence-corrected chi connectivity index (χ3v) is 7.04. The Morgan fingerprint density at radius 3 is 3.04 bits per heavy atom. The molecule has 0 saturated carbocycles. The van der Waals surface area contributed by atoms with E-state index in [1.54, 1.807) is 22.7 Å². The molecule has 122 valence electrons. The Morgan fingerprint density at radius 2 is 2.35 bits per heavy atom. The summed E-state index contributed by atoms with van der Waals surface area (Å²) in [5.41, 5.74) is 0.930. The van der Waals surface area contributed by atoms with Crippen LogP contribution in [0.4, 0.5) is 10.1 Å². The highest BCUT2D eigenvalue weighted by Crippen LogP contribution is 2.44. The van der Waals surface area contributed by atoms with Crippen molar-refractivity contribution in [3.63, 3.8) is 0 Å². The van der Waals surface area contributed by atoms with Crippen molar-refractivity contribution in [2.75, 3.05) is 36.9 Å². The number of nitrogens with one attached hydrogen (secondary N) is 1. The predicted molar refractivity (Wildman–Crippen MR) is 96.9 cm³/mol. The number of amides is 1. The molecular formula is C15H17ClN4OS2. The molecule has 0 aromatic carbocycles. The second kappa shape index (κ2) is 6.05. The van der Waals surface area contributed by atoms with Crippen LogP contribution in [-0.2, 0) is 4.79 Å². The molecule has 2 aliphatic rings. The van der Waals surface area contributed by atoms with Crippen LogP contribution in [0.2, 0.25) is 5.02 Å². The zero-order chi connectivity index (χ0) is 16.0. The monoisotopic (exact) mass is 368 g/mol. The maximum atomic E-state index is 10.8. The molecule has 0 aliphatic carbocycles. The molecule has 4 rings (SSSR count). The van der Waals surface area contributed by atoms with Crippen LogP contribution in [0, 0.1) is 5.92 Å². The number of nitrogens with zero attached hydrogens (tertiary/aromatic N) is 3. The summed E-state index contributed by atoms with van der Waals surface area (Å²) in [6, 6.07) is 2.57. The fraction of sp³-hybridized carbons (Fsp3) is 0.467. The molecule has 23 heavy (non-hydrogen) atoms. The number of aromatic nitrogens is 1. The summed E-state index contributed by atoms with van der Waals surface area (Å²) in [7, 11) is 2.21. The van der Waals surface area contributed by atoms with Gasteiger partial charge in [-0.3, -0.25) is 4.79 Å². The van der Waals surface area contributed by atoms with Gasteiger partial charge in [0.2, 0.25) is 6.41 Å². The number of hydrogen-bond acceptors (Lipinski definition) is 6. The lowest BCUT2D eigenvalue weighted by Gasteiger charge is -2.21. The molecule has 8 heteroatoms. The summed E-state index contributed by atoms with van der Waals surface area (Å²) < 4.78 is 0. The van der Waals surface area contributed by atoms with E-state index in [0.717, 1.165) is 39.6 Å². The second-order valence-corrected chi connectivity index (χ2v) is 8.39. The molecule has 2 unspecified atom stereocenters. The molecular weight excluding hydrogens is 352 g/mol. The average Bonchev–Trinajstić information content (AvgIpc) is 3.25. The van der Waals surface area contributed by atoms with Gasteiger partial charge >= 0.3 is 0 Å². The Hall–Kier alpha value is -1.15. The van der Waals surface area contributed by atoms with Crippen molar-refractivity contribution in [1.82, 2.24) is 9.88 Å². The summed E-state index contributed by atoms with van der Waals surface area (Å²) in [6.07, 6.45) is 1.94. The Labute approximate surface area is 147 Å². The lowest BCUT2D eigenvalue weighted by Crippen LogP contribution is -2.31. The standard InChI is InChI=1S/C15H17ClN4OS2/c1-19-3-2-9-5-20(6-11(9)19)14-13(12-4-10(16)7-22-12)18-15(23-14)17-8-21/h4,7-9,11H,2-3,5-6H2,1H3,(H,17,18,21). The maximum Gasteiger partial charge on any atom is 0.213 e. The molecule has 1 N–H and O–H groups in total. The molecule has 1 amide bonds. The van der Waals surface area contributed by atoms with Gasteiger partial charge in [0, 0.05) is 24.5 Å². The predicted octanol–water partition coefficient (Wildman–Crippen LogP) is 3.23. The van der Waals surface area contributed by atoms with E-state index in [4.69, 9.17) is 11.6 Å². The highest BCUT2D eigenvalue weighted by molar-refractivity contribution is 7.21. The Morgan fingerprint density at radius 1 is 1.48 bits per heavy atom. The first-order valence-electron chi connectivity index (χ1n) is 7.56. The van der Waals surface area contributed by atoms with E-state index in [1.807, 2.05) is 11.4 Å². The fourth-order valence-electron chi connectivity index (χ4n) is 3.57. The normalized spacial score (nSPS) is 24.2. The molecule has 2 aromatic heterocycles. The van der Waals surface area contributed by atoms with Crippen LogP contribution in [0.3, 0.4) is 0 Å². The van der Waals surface area contributed by atoms with E-state index in [1.165, 1.54) is 13.0 Å². The lowest BCUT2D eigenvalue weighted by atomic mass is 10.1. The number of thiazole rings is 1. The highest BCUT2D eigenvalue weighted by atomic mass is 35.5. The van der Waals surface area contributed by atoms with Crippen LogP contribution < -0.4 is 10.2 Å². The number of anilines is 2. The van der Waals surface area contributed by atoms with Crippen LogP contribution >= 0.6 is 34.3 Å². The van der Waals surface area contributed by atoms with E-state index in [2.05, 4.69) is 27.1 Å². The number of hydrogen-bond donors (Lipinski definition) is 1. The lowest BCUT2D eigenvalue weighted by molar-refractivity contribution is -0.105. The molecule has 0 spiro atoms. The van der Waals surface area contributed by atoms with Gasteiger partial charge in [0.15, 0.2) is 5.13 Å². The Bertz CT molecular complexity index is 731. The molecule has 2 saturated heterocycles. The fourth-order valence-corrected chi connectivity index (χ4v) is 5.66. The largest absolute Gasteiger partial charge is 0.360 e. The van der Waals surface area contributed by atoms with E-state index < -0.39 is 0 Å². The molecule has 5 nitrogen and oxygen atoms in total. The van der Waals surface area contributed by atoms with Crippen molar-refractivity contribution in [1.29, 1.82) is 0 Å². The van der Waals surface area contributed by atoms with Gasteiger partial charge in [-0.2, -0.15) is 0 Å². The van der Waals surface area contributed by atoms with Gasteiger partial charge in [0.05, 0.1) is 9.90 Å². The van der Waals surface area contributed by atoms with Gasteiger partial charge in [-0.05, 0) is 32.0 Å². The van der Waals surface area contributed by atoms with Gasteiger partial charge < -0.3 is 15.1 Å². The third-order valence-electron chi connectivity index (χ3n) is 4.70. The van der Waals surface area contributed by atoms with Crippen molar-refractivity contribution in [3.8, 4) is 10.6 Å². The molecule has 0 bridgehead atoms. The van der Waals surface area contributed by atoms with Crippen LogP contribution in [0.15, 0.2) is 11.4 Å². The highest BCUT2D eigenvalue weighted by Gasteiger charge is 2.41. The maximum absolute atomic E-state index is 10.8. The molecule has 2 fully saturated rings. The van der Waals surface area contributed by atoms with Gasteiger partial charge in [0.1, 0.15) is 10.7 Å². The topological polar surface area (TPSA) is 48.5 Å². The SMILES string of the molecule is CN1CCC2CN(c3sc(NC=O)nc3-c3cc(Cl)cs3)CC21. The quantitative estimate of drug-likeness (QED) is 0.842. The van der Waals surface area contributed by atoms with Crippen molar-refractivity contribution in [2.24, 2.45) is 5.92 Å². The average molecular weight is 369 g/mol. The first-order valence-corrected chi connectivity index (χ1v) is 9.63. The summed E-state index contributed by atoms with van der Waals surface area (Å²) in [4.78, 5) is 21.3. The summed E-state index contributed by atoms with van der Waals surface area (Å²) in [5.74, 6) is 0.726. The second-order valence-electron chi connectivity index (χ2n) is 6.07. The summed E-state index contributed by atoms with van der Waals surface area (Å²) in [5, 5.41) is 7.11. The van der Waals surface area contributed by atoms with E-state index in [0.29, 0.717) is 17.6 Å². The number of rotatable bonds is 4. The number of likely N-dealkylation sites (N-methyl/N-ethyl adjacent to an activating group) is 1. The smallest absolute Gasteiger partial charge is 0.213 e. The minimum atomic E-state index is 0.624. The minimum Gasteiger partial charge on any atom is -0.360 e. The van der Waals surface area contributed by atoms with Crippen LogP contribution in [0.25, 0.3) is 10.6 Å². The van der Waals surface area contributed by atoms with Crippen LogP contribution in [0.5, 0.6) is 0 Å².